The SMILES string of the molecule is COC1C(O)CCCN1C(=O)OC(C)(C)C. The lowest BCUT2D eigenvalue weighted by atomic mass is 10.1. The van der Waals surface area contributed by atoms with Crippen LogP contribution in [0.25, 0.3) is 0 Å². The van der Waals surface area contributed by atoms with Crippen molar-refractivity contribution >= 4 is 6.09 Å². The summed E-state index contributed by atoms with van der Waals surface area (Å²) in [4.78, 5) is 13.3. The largest absolute Gasteiger partial charge is 0.444 e. The average molecular weight is 231 g/mol. The topological polar surface area (TPSA) is 59.0 Å². The van der Waals surface area contributed by atoms with Crippen LogP contribution in [-0.2, 0) is 9.47 Å². The molecule has 0 spiro atoms. The van der Waals surface area contributed by atoms with Crippen LogP contribution in [0.5, 0.6) is 0 Å². The van der Waals surface area contributed by atoms with E-state index in [1.807, 2.05) is 20.8 Å². The molecule has 0 radical (unpaired) electrons. The summed E-state index contributed by atoms with van der Waals surface area (Å²) in [5.74, 6) is 0. The molecule has 1 N–H and O–H groups in total. The number of aliphatic hydroxyl groups is 1. The van der Waals surface area contributed by atoms with Crippen LogP contribution in [0.15, 0.2) is 0 Å². The summed E-state index contributed by atoms with van der Waals surface area (Å²) >= 11 is 0. The highest BCUT2D eigenvalue weighted by Gasteiger charge is 2.35. The van der Waals surface area contributed by atoms with E-state index in [1.54, 1.807) is 0 Å². The first-order valence-corrected chi connectivity index (χ1v) is 5.55. The zero-order valence-electron chi connectivity index (χ0n) is 10.4. The Kier molecular flexibility index (Phi) is 4.15. The molecule has 0 aromatic carbocycles. The fraction of sp³-hybridized carbons (Fsp3) is 0.909. The van der Waals surface area contributed by atoms with E-state index < -0.39 is 24.0 Å². The van der Waals surface area contributed by atoms with Gasteiger partial charge >= 0.3 is 6.09 Å². The minimum Gasteiger partial charge on any atom is -0.444 e. The van der Waals surface area contributed by atoms with Gasteiger partial charge in [-0.15, -0.1) is 0 Å². The first kappa shape index (κ1) is 13.3. The summed E-state index contributed by atoms with van der Waals surface area (Å²) < 4.78 is 10.4. The number of amides is 1. The number of carbonyl (C=O) groups is 1. The van der Waals surface area contributed by atoms with E-state index in [2.05, 4.69) is 0 Å². The Morgan fingerprint density at radius 2 is 2.06 bits per heavy atom. The van der Waals surface area contributed by atoms with Crippen LogP contribution in [0.4, 0.5) is 4.79 Å². The zero-order valence-corrected chi connectivity index (χ0v) is 10.4. The lowest BCUT2D eigenvalue weighted by Gasteiger charge is -2.38. The highest BCUT2D eigenvalue weighted by Crippen LogP contribution is 2.21. The van der Waals surface area contributed by atoms with Crippen molar-refractivity contribution in [1.29, 1.82) is 0 Å². The smallest absolute Gasteiger partial charge is 0.412 e. The Hall–Kier alpha value is -0.810. The van der Waals surface area contributed by atoms with Gasteiger partial charge in [-0.25, -0.2) is 4.79 Å². The molecule has 1 aliphatic heterocycles. The van der Waals surface area contributed by atoms with E-state index in [0.29, 0.717) is 13.0 Å². The quantitative estimate of drug-likeness (QED) is 0.740. The number of rotatable bonds is 1. The molecule has 1 rings (SSSR count). The molecule has 0 saturated carbocycles. The van der Waals surface area contributed by atoms with Crippen LogP contribution in [0.2, 0.25) is 0 Å². The Morgan fingerprint density at radius 3 is 2.56 bits per heavy atom. The molecule has 1 saturated heterocycles. The molecular formula is C11H21NO4. The highest BCUT2D eigenvalue weighted by molar-refractivity contribution is 5.68. The summed E-state index contributed by atoms with van der Waals surface area (Å²) in [5.41, 5.74) is -0.530. The fourth-order valence-electron chi connectivity index (χ4n) is 1.75. The number of likely N-dealkylation sites (tertiary alicyclic amines) is 1. The van der Waals surface area contributed by atoms with Crippen molar-refractivity contribution in [3.63, 3.8) is 0 Å². The van der Waals surface area contributed by atoms with Gasteiger partial charge in [0.25, 0.3) is 0 Å². The van der Waals surface area contributed by atoms with Crippen molar-refractivity contribution < 1.29 is 19.4 Å². The van der Waals surface area contributed by atoms with Gasteiger partial charge in [-0.2, -0.15) is 0 Å². The molecule has 94 valence electrons. The van der Waals surface area contributed by atoms with Crippen LogP contribution >= 0.6 is 0 Å². The Balaban J connectivity index is 2.66. The standard InChI is InChI=1S/C11H21NO4/c1-11(2,3)16-10(14)12-7-5-6-8(13)9(12)15-4/h8-9,13H,5-7H2,1-4H3. The first-order valence-electron chi connectivity index (χ1n) is 5.55. The van der Waals surface area contributed by atoms with Gasteiger partial charge in [-0.3, -0.25) is 4.90 Å². The average Bonchev–Trinajstić information content (AvgIpc) is 2.14. The fourth-order valence-corrected chi connectivity index (χ4v) is 1.75. The van der Waals surface area contributed by atoms with E-state index in [4.69, 9.17) is 9.47 Å². The van der Waals surface area contributed by atoms with Crippen molar-refractivity contribution in [2.24, 2.45) is 0 Å². The van der Waals surface area contributed by atoms with Crippen molar-refractivity contribution in [2.75, 3.05) is 13.7 Å². The number of aliphatic hydroxyl groups excluding tert-OH is 1. The van der Waals surface area contributed by atoms with Gasteiger partial charge in [-0.1, -0.05) is 0 Å². The van der Waals surface area contributed by atoms with Crippen LogP contribution in [0.1, 0.15) is 33.6 Å². The van der Waals surface area contributed by atoms with Gasteiger partial charge in [0.15, 0.2) is 6.23 Å². The maximum Gasteiger partial charge on any atom is 0.412 e. The molecular weight excluding hydrogens is 210 g/mol. The van der Waals surface area contributed by atoms with Crippen LogP contribution in [-0.4, -0.2) is 47.7 Å². The third-order valence-corrected chi connectivity index (χ3v) is 2.40. The molecule has 0 bridgehead atoms. The van der Waals surface area contributed by atoms with Crippen LogP contribution < -0.4 is 0 Å². The van der Waals surface area contributed by atoms with E-state index in [-0.39, 0.29) is 0 Å². The molecule has 1 fully saturated rings. The molecule has 16 heavy (non-hydrogen) atoms. The second kappa shape index (κ2) is 5.01. The van der Waals surface area contributed by atoms with E-state index in [1.165, 1.54) is 12.0 Å². The van der Waals surface area contributed by atoms with Crippen LogP contribution in [0.3, 0.4) is 0 Å². The second-order valence-electron chi connectivity index (χ2n) is 5.01. The molecule has 5 heteroatoms. The molecule has 2 unspecified atom stereocenters. The Morgan fingerprint density at radius 1 is 1.44 bits per heavy atom. The van der Waals surface area contributed by atoms with Gasteiger partial charge < -0.3 is 14.6 Å². The minimum atomic E-state index is -0.633. The van der Waals surface area contributed by atoms with Crippen molar-refractivity contribution in [3.8, 4) is 0 Å². The van der Waals surface area contributed by atoms with Gasteiger partial charge in [0, 0.05) is 13.7 Å². The van der Waals surface area contributed by atoms with Crippen LogP contribution in [0, 0.1) is 0 Å². The van der Waals surface area contributed by atoms with Crippen molar-refractivity contribution in [2.45, 2.75) is 51.5 Å². The van der Waals surface area contributed by atoms with Gasteiger partial charge in [-0.05, 0) is 33.6 Å². The summed E-state index contributed by atoms with van der Waals surface area (Å²) in [6.45, 7) is 6.00. The highest BCUT2D eigenvalue weighted by atomic mass is 16.6. The molecule has 0 aliphatic carbocycles. The summed E-state index contributed by atoms with van der Waals surface area (Å²) in [6.07, 6.45) is -0.245. The number of ether oxygens (including phenoxy) is 2. The van der Waals surface area contributed by atoms with Gasteiger partial charge in [0.05, 0.1) is 6.10 Å². The van der Waals surface area contributed by atoms with E-state index in [0.717, 1.165) is 6.42 Å². The number of hydrogen-bond donors (Lipinski definition) is 1. The summed E-state index contributed by atoms with van der Waals surface area (Å²) in [6, 6.07) is 0. The Bertz CT molecular complexity index is 249. The summed E-state index contributed by atoms with van der Waals surface area (Å²) in [5, 5.41) is 9.71. The predicted molar refractivity (Wildman–Crippen MR) is 59.0 cm³/mol. The predicted octanol–water partition coefficient (Wildman–Crippen LogP) is 1.35. The molecule has 1 heterocycles. The minimum absolute atomic E-state index is 0.432. The number of methoxy groups -OCH3 is 1. The van der Waals surface area contributed by atoms with E-state index in [9.17, 15) is 9.90 Å². The zero-order chi connectivity index (χ0) is 12.3. The molecule has 1 aliphatic rings. The first-order chi connectivity index (χ1) is 7.35. The normalized spacial score (nSPS) is 26.7. The number of piperidine rings is 1. The number of nitrogens with zero attached hydrogens (tertiary/aromatic N) is 1. The van der Waals surface area contributed by atoms with Gasteiger partial charge in [0.1, 0.15) is 5.60 Å². The lowest BCUT2D eigenvalue weighted by Crippen LogP contribution is -2.53. The monoisotopic (exact) mass is 231 g/mol. The summed E-state index contributed by atoms with van der Waals surface area (Å²) in [7, 11) is 1.48. The number of carbonyl (C=O) groups excluding carboxylic acids is 1. The van der Waals surface area contributed by atoms with Gasteiger partial charge in [0.2, 0.25) is 0 Å². The third-order valence-electron chi connectivity index (χ3n) is 2.40. The third kappa shape index (κ3) is 3.35. The Labute approximate surface area is 96.3 Å². The molecule has 2 atom stereocenters. The number of hydrogen-bond acceptors (Lipinski definition) is 4. The molecule has 1 amide bonds. The molecule has 0 aromatic rings. The molecule has 5 nitrogen and oxygen atoms in total. The van der Waals surface area contributed by atoms with E-state index >= 15 is 0 Å². The maximum atomic E-state index is 11.8. The van der Waals surface area contributed by atoms with Crippen molar-refractivity contribution in [1.82, 2.24) is 4.90 Å². The maximum absolute atomic E-state index is 11.8. The lowest BCUT2D eigenvalue weighted by molar-refractivity contribution is -0.124. The second-order valence-corrected chi connectivity index (χ2v) is 5.01. The molecule has 0 aromatic heterocycles. The van der Waals surface area contributed by atoms with Crippen molar-refractivity contribution in [3.05, 3.63) is 0 Å².